The summed E-state index contributed by atoms with van der Waals surface area (Å²) in [5.74, 6) is -0.197. The zero-order chi connectivity index (χ0) is 19.1. The Morgan fingerprint density at radius 1 is 1.15 bits per heavy atom. The molecule has 0 saturated carbocycles. The van der Waals surface area contributed by atoms with Gasteiger partial charge in [0.2, 0.25) is 5.69 Å². The standard InChI is InChI=1S/C17H20N4O5/c1-12-10-13(18-6-8-22)2-4-16(12)20(7-9-23)19-15-11-14(21(25)26)3-5-17(15)24/h2-5,10-11,18,22-23H,6-9H2,1H3/p+1. The zero-order valence-corrected chi connectivity index (χ0v) is 14.3. The normalized spacial score (nSPS) is 11.4. The van der Waals surface area contributed by atoms with Crippen molar-refractivity contribution in [3.8, 4) is 5.75 Å². The van der Waals surface area contributed by atoms with Gasteiger partial charge in [-0.15, -0.1) is 0 Å². The lowest BCUT2D eigenvalue weighted by molar-refractivity contribution is -0.511. The SMILES string of the molecule is Cc1cc(NCCO)ccc1[N+](CCO)=Nc1cc([N+](=O)[O-])ccc1O. The van der Waals surface area contributed by atoms with Gasteiger partial charge in [0.15, 0.2) is 12.2 Å². The van der Waals surface area contributed by atoms with E-state index in [1.54, 1.807) is 12.1 Å². The fraction of sp³-hybridized carbons (Fsp3) is 0.294. The molecule has 0 aliphatic rings. The van der Waals surface area contributed by atoms with Crippen molar-refractivity contribution in [2.75, 3.05) is 31.6 Å². The van der Waals surface area contributed by atoms with Gasteiger partial charge in [-0.25, -0.2) is 0 Å². The summed E-state index contributed by atoms with van der Waals surface area (Å²) < 4.78 is 1.48. The van der Waals surface area contributed by atoms with Crippen LogP contribution in [0.4, 0.5) is 22.7 Å². The summed E-state index contributed by atoms with van der Waals surface area (Å²) in [5, 5.41) is 46.4. The molecule has 0 fully saturated rings. The van der Waals surface area contributed by atoms with E-state index in [1.165, 1.54) is 22.9 Å². The van der Waals surface area contributed by atoms with E-state index in [1.807, 2.05) is 13.0 Å². The highest BCUT2D eigenvalue weighted by Crippen LogP contribution is 2.32. The second-order valence-electron chi connectivity index (χ2n) is 5.53. The lowest BCUT2D eigenvalue weighted by Crippen LogP contribution is -2.10. The molecule has 2 aromatic rings. The molecule has 9 nitrogen and oxygen atoms in total. The van der Waals surface area contributed by atoms with Crippen LogP contribution in [0.25, 0.3) is 0 Å². The Hall–Kier alpha value is -3.04. The number of nitro benzene ring substituents is 1. The molecule has 0 aliphatic carbocycles. The molecule has 0 aromatic heterocycles. The second kappa shape index (κ2) is 8.88. The molecule has 9 heteroatoms. The maximum Gasteiger partial charge on any atom is 0.272 e. The molecule has 4 N–H and O–H groups in total. The van der Waals surface area contributed by atoms with Crippen LogP contribution >= 0.6 is 0 Å². The predicted octanol–water partition coefficient (Wildman–Crippen LogP) is 2.43. The van der Waals surface area contributed by atoms with Gasteiger partial charge < -0.3 is 20.6 Å². The minimum absolute atomic E-state index is 0.0127. The number of aryl methyl sites for hydroxylation is 1. The van der Waals surface area contributed by atoms with Crippen molar-refractivity contribution in [2.45, 2.75) is 6.92 Å². The Bertz CT molecular complexity index is 823. The van der Waals surface area contributed by atoms with Crippen LogP contribution in [0.1, 0.15) is 5.56 Å². The average molecular weight is 361 g/mol. The van der Waals surface area contributed by atoms with Crippen molar-refractivity contribution in [2.24, 2.45) is 5.11 Å². The van der Waals surface area contributed by atoms with E-state index < -0.39 is 4.92 Å². The lowest BCUT2D eigenvalue weighted by Gasteiger charge is -2.07. The van der Waals surface area contributed by atoms with Gasteiger partial charge in [0.25, 0.3) is 5.69 Å². The Morgan fingerprint density at radius 3 is 2.54 bits per heavy atom. The maximum atomic E-state index is 10.9. The molecule has 0 amide bonds. The Morgan fingerprint density at radius 2 is 1.92 bits per heavy atom. The van der Waals surface area contributed by atoms with E-state index in [0.717, 1.165) is 11.3 Å². The van der Waals surface area contributed by atoms with Gasteiger partial charge >= 0.3 is 0 Å². The zero-order valence-electron chi connectivity index (χ0n) is 14.3. The quantitative estimate of drug-likeness (QED) is 0.247. The first kappa shape index (κ1) is 19.3. The van der Waals surface area contributed by atoms with E-state index in [-0.39, 0.29) is 36.9 Å². The number of azo groups is 2. The van der Waals surface area contributed by atoms with E-state index in [0.29, 0.717) is 12.2 Å². The molecular formula is C17H21N4O5+. The van der Waals surface area contributed by atoms with Crippen molar-refractivity contribution in [3.63, 3.8) is 0 Å². The molecule has 0 heterocycles. The topological polar surface area (TPSA) is 131 Å². The Labute approximate surface area is 150 Å². The highest BCUT2D eigenvalue weighted by molar-refractivity contribution is 5.57. The fourth-order valence-electron chi connectivity index (χ4n) is 2.41. The van der Waals surface area contributed by atoms with Crippen LogP contribution in [0.3, 0.4) is 0 Å². The van der Waals surface area contributed by atoms with E-state index in [9.17, 15) is 20.3 Å². The number of phenols is 1. The molecule has 0 bridgehead atoms. The number of nitro groups is 1. The first-order valence-corrected chi connectivity index (χ1v) is 7.99. The number of hydrogen-bond acceptors (Lipinski definition) is 7. The molecule has 0 saturated heterocycles. The van der Waals surface area contributed by atoms with Crippen molar-refractivity contribution in [1.29, 1.82) is 0 Å². The third-order valence-corrected chi connectivity index (χ3v) is 3.63. The first-order chi connectivity index (χ1) is 12.5. The number of non-ortho nitro benzene ring substituents is 1. The molecule has 2 aromatic carbocycles. The summed E-state index contributed by atoms with van der Waals surface area (Å²) in [6.07, 6.45) is 0. The Kier molecular flexibility index (Phi) is 6.59. The van der Waals surface area contributed by atoms with Crippen LogP contribution in [-0.2, 0) is 0 Å². The first-order valence-electron chi connectivity index (χ1n) is 7.99. The molecule has 0 spiro atoms. The van der Waals surface area contributed by atoms with Crippen LogP contribution in [0, 0.1) is 17.0 Å². The van der Waals surface area contributed by atoms with Crippen molar-refractivity contribution < 1.29 is 24.9 Å². The largest absolute Gasteiger partial charge is 0.505 e. The molecule has 0 unspecified atom stereocenters. The number of phenolic OH excluding ortho intramolecular Hbond substituents is 1. The summed E-state index contributed by atoms with van der Waals surface area (Å²) in [7, 11) is 0. The number of aromatic hydroxyl groups is 1. The summed E-state index contributed by atoms with van der Waals surface area (Å²) in [6.45, 7) is 2.24. The van der Waals surface area contributed by atoms with Gasteiger partial charge in [-0.1, -0.05) is 4.70 Å². The smallest absolute Gasteiger partial charge is 0.272 e. The predicted molar refractivity (Wildman–Crippen MR) is 95.5 cm³/mol. The highest BCUT2D eigenvalue weighted by Gasteiger charge is 2.18. The lowest BCUT2D eigenvalue weighted by atomic mass is 10.1. The molecular weight excluding hydrogens is 340 g/mol. The number of hydrogen-bond donors (Lipinski definition) is 4. The molecule has 138 valence electrons. The van der Waals surface area contributed by atoms with Gasteiger partial charge in [-0.3, -0.25) is 10.1 Å². The van der Waals surface area contributed by atoms with Crippen LogP contribution < -0.4 is 5.32 Å². The van der Waals surface area contributed by atoms with Crippen LogP contribution in [0.15, 0.2) is 41.5 Å². The van der Waals surface area contributed by atoms with Crippen molar-refractivity contribution in [3.05, 3.63) is 52.1 Å². The Balaban J connectivity index is 2.44. The van der Waals surface area contributed by atoms with E-state index in [2.05, 4.69) is 10.4 Å². The highest BCUT2D eigenvalue weighted by atomic mass is 16.6. The van der Waals surface area contributed by atoms with Gasteiger partial charge in [-0.05, 0) is 25.1 Å². The minimum Gasteiger partial charge on any atom is -0.505 e. The van der Waals surface area contributed by atoms with E-state index >= 15 is 0 Å². The third-order valence-electron chi connectivity index (χ3n) is 3.63. The average Bonchev–Trinajstić information content (AvgIpc) is 2.61. The number of benzene rings is 2. The number of nitrogens with one attached hydrogen (secondary N) is 1. The van der Waals surface area contributed by atoms with Gasteiger partial charge in [-0.2, -0.15) is 0 Å². The van der Waals surface area contributed by atoms with Crippen LogP contribution in [0.5, 0.6) is 5.75 Å². The fourth-order valence-corrected chi connectivity index (χ4v) is 2.41. The summed E-state index contributed by atoms with van der Waals surface area (Å²) in [4.78, 5) is 10.4. The third kappa shape index (κ3) is 4.74. The summed E-state index contributed by atoms with van der Waals surface area (Å²) in [5.41, 5.74) is 2.19. The molecule has 0 aliphatic heterocycles. The van der Waals surface area contributed by atoms with Gasteiger partial charge in [0, 0.05) is 35.0 Å². The number of aliphatic hydroxyl groups excluding tert-OH is 2. The van der Waals surface area contributed by atoms with E-state index in [4.69, 9.17) is 5.11 Å². The summed E-state index contributed by atoms with van der Waals surface area (Å²) in [6, 6.07) is 9.01. The van der Waals surface area contributed by atoms with Crippen LogP contribution in [0.2, 0.25) is 0 Å². The second-order valence-corrected chi connectivity index (χ2v) is 5.53. The van der Waals surface area contributed by atoms with Gasteiger partial charge in [0.1, 0.15) is 12.4 Å². The minimum atomic E-state index is -0.568. The van der Waals surface area contributed by atoms with Crippen LogP contribution in [-0.4, -0.2) is 51.2 Å². The van der Waals surface area contributed by atoms with Crippen molar-refractivity contribution >= 4 is 22.7 Å². The number of anilines is 1. The number of aliphatic hydroxyl groups is 2. The molecule has 0 atom stereocenters. The van der Waals surface area contributed by atoms with Gasteiger partial charge in [0.05, 0.1) is 17.6 Å². The monoisotopic (exact) mass is 361 g/mol. The molecule has 0 radical (unpaired) electrons. The van der Waals surface area contributed by atoms with Crippen molar-refractivity contribution in [1.82, 2.24) is 0 Å². The molecule has 2 rings (SSSR count). The number of rotatable bonds is 8. The number of nitrogens with zero attached hydrogens (tertiary/aromatic N) is 3. The summed E-state index contributed by atoms with van der Waals surface area (Å²) >= 11 is 0. The molecule has 26 heavy (non-hydrogen) atoms. The maximum absolute atomic E-state index is 10.9.